The van der Waals surface area contributed by atoms with Crippen molar-refractivity contribution >= 4 is 22.7 Å². The third-order valence-electron chi connectivity index (χ3n) is 8.06. The van der Waals surface area contributed by atoms with Crippen molar-refractivity contribution in [2.45, 2.75) is 48.5 Å². The first kappa shape index (κ1) is 41.2. The summed E-state index contributed by atoms with van der Waals surface area (Å²) in [4.78, 5) is 5.59. The van der Waals surface area contributed by atoms with Gasteiger partial charge in [-0.25, -0.2) is 4.98 Å². The summed E-state index contributed by atoms with van der Waals surface area (Å²) in [6.07, 6.45) is 1.89. The van der Waals surface area contributed by atoms with E-state index >= 15 is 0 Å². The van der Waals surface area contributed by atoms with Crippen molar-refractivity contribution in [1.82, 2.24) is 20.3 Å². The smallest absolute Gasteiger partial charge is 0.170 e. The highest BCUT2D eigenvalue weighted by atomic mass is 32.1. The van der Waals surface area contributed by atoms with Gasteiger partial charge in [-0.2, -0.15) is 0 Å². The molecule has 0 spiro atoms. The van der Waals surface area contributed by atoms with Crippen LogP contribution in [0.2, 0.25) is 0 Å². The number of hydrogen-bond acceptors (Lipinski definition) is 11. The minimum absolute atomic E-state index is 0.744. The van der Waals surface area contributed by atoms with Gasteiger partial charge in [0, 0.05) is 17.1 Å². The van der Waals surface area contributed by atoms with Crippen LogP contribution in [0, 0.1) is 48.5 Å². The summed E-state index contributed by atoms with van der Waals surface area (Å²) in [6.45, 7) is 14.0. The van der Waals surface area contributed by atoms with E-state index in [-0.39, 0.29) is 0 Å². The van der Waals surface area contributed by atoms with Gasteiger partial charge >= 0.3 is 0 Å². The first-order valence-corrected chi connectivity index (χ1v) is 18.8. The molecule has 0 aliphatic heterocycles. The molecule has 282 valence electrons. The van der Waals surface area contributed by atoms with Crippen LogP contribution < -0.4 is 18.9 Å². The number of aromatic nitrogens is 4. The van der Waals surface area contributed by atoms with Crippen LogP contribution in [0.1, 0.15) is 37.8 Å². The van der Waals surface area contributed by atoms with Crippen molar-refractivity contribution in [2.24, 2.45) is 0 Å². The van der Waals surface area contributed by atoms with Gasteiger partial charge in [0.05, 0.1) is 50.8 Å². The second-order valence-corrected chi connectivity index (χ2v) is 14.6. The Hall–Kier alpha value is -5.52. The molecular formula is C43H48N4O5S2. The number of para-hydroxylation sites is 4. The molecule has 11 heteroatoms. The van der Waals surface area contributed by atoms with E-state index in [2.05, 4.69) is 27.3 Å². The Balaban J connectivity index is 0.000000163. The predicted octanol–water partition coefficient (Wildman–Crippen LogP) is 11.2. The van der Waals surface area contributed by atoms with Crippen LogP contribution in [0.3, 0.4) is 0 Å². The zero-order valence-electron chi connectivity index (χ0n) is 32.8. The van der Waals surface area contributed by atoms with Crippen molar-refractivity contribution in [3.05, 3.63) is 129 Å². The molecule has 0 N–H and O–H groups in total. The van der Waals surface area contributed by atoms with Crippen molar-refractivity contribution in [2.75, 3.05) is 28.4 Å². The SMILES string of the molecule is COc1c(C)cccc1-c1cc(C)no1.COc1c(C)cccc1-c1ncc(C)s1.COc1c(C)cccc1-c1nnc(C)s1.COc1ccccc1C. The van der Waals surface area contributed by atoms with Crippen LogP contribution in [0.25, 0.3) is 32.5 Å². The number of methoxy groups -OCH3 is 4. The van der Waals surface area contributed by atoms with E-state index in [0.717, 1.165) is 82.9 Å². The maximum absolute atomic E-state index is 5.41. The standard InChI is InChI=1S/C12H13NO2.C12H13NOS.C11H12N2OS.C8H10O/c1-8-5-4-6-10(12(8)14-3)11-7-9(2)13-15-11;1-8-5-4-6-10(11(8)14-3)12-13-7-9(2)15-12;1-7-5-4-6-9(10(7)14-3)11-13-12-8(2)15-11;1-7-5-3-4-6-8(7)9-2/h2*4-7H,1-3H3;4-6H,1-3H3;3-6H,1-2H3. The lowest BCUT2D eigenvalue weighted by Gasteiger charge is -2.08. The molecule has 0 saturated carbocycles. The van der Waals surface area contributed by atoms with Gasteiger partial charge in [0.25, 0.3) is 0 Å². The van der Waals surface area contributed by atoms with Crippen molar-refractivity contribution in [1.29, 1.82) is 0 Å². The van der Waals surface area contributed by atoms with Crippen molar-refractivity contribution in [3.8, 4) is 55.5 Å². The lowest BCUT2D eigenvalue weighted by Crippen LogP contribution is -1.90. The Morgan fingerprint density at radius 1 is 0.519 bits per heavy atom. The fourth-order valence-electron chi connectivity index (χ4n) is 5.46. The summed E-state index contributed by atoms with van der Waals surface area (Å²) in [5.74, 6) is 4.35. The molecule has 0 saturated heterocycles. The molecule has 3 heterocycles. The van der Waals surface area contributed by atoms with E-state index in [1.54, 1.807) is 51.1 Å². The number of aryl methyl sites for hydroxylation is 7. The highest BCUT2D eigenvalue weighted by Crippen LogP contribution is 2.36. The third kappa shape index (κ3) is 10.8. The number of rotatable bonds is 7. The largest absolute Gasteiger partial charge is 0.496 e. The summed E-state index contributed by atoms with van der Waals surface area (Å²) in [6, 6.07) is 27.9. The van der Waals surface area contributed by atoms with Gasteiger partial charge < -0.3 is 23.5 Å². The quantitative estimate of drug-likeness (QED) is 0.157. The zero-order chi connectivity index (χ0) is 39.2. The van der Waals surface area contributed by atoms with E-state index < -0.39 is 0 Å². The molecule has 4 aromatic carbocycles. The molecule has 7 rings (SSSR count). The molecule has 3 aromatic heterocycles. The maximum Gasteiger partial charge on any atom is 0.170 e. The second-order valence-electron chi connectivity index (χ2n) is 12.2. The topological polar surface area (TPSA) is 102 Å². The van der Waals surface area contributed by atoms with Crippen molar-refractivity contribution in [3.63, 3.8) is 0 Å². The monoisotopic (exact) mass is 764 g/mol. The Morgan fingerprint density at radius 3 is 1.46 bits per heavy atom. The minimum atomic E-state index is 0.744. The Morgan fingerprint density at radius 2 is 1.04 bits per heavy atom. The summed E-state index contributed by atoms with van der Waals surface area (Å²) in [7, 11) is 6.73. The number of benzene rings is 4. The fourth-order valence-corrected chi connectivity index (χ4v) is 6.96. The maximum atomic E-state index is 5.41. The van der Waals surface area contributed by atoms with E-state index in [0.29, 0.717) is 0 Å². The highest BCUT2D eigenvalue weighted by molar-refractivity contribution is 7.15. The summed E-state index contributed by atoms with van der Waals surface area (Å²) in [5, 5.41) is 14.9. The van der Waals surface area contributed by atoms with E-state index in [9.17, 15) is 0 Å². The van der Waals surface area contributed by atoms with Gasteiger partial charge in [-0.05, 0) is 95.0 Å². The zero-order valence-corrected chi connectivity index (χ0v) is 34.4. The normalized spacial score (nSPS) is 10.1. The predicted molar refractivity (Wildman–Crippen MR) is 221 cm³/mol. The highest BCUT2D eigenvalue weighted by Gasteiger charge is 2.13. The molecule has 0 bridgehead atoms. The molecule has 0 amide bonds. The average molecular weight is 765 g/mol. The van der Waals surface area contributed by atoms with Gasteiger partial charge in [-0.15, -0.1) is 21.5 Å². The first-order chi connectivity index (χ1) is 26.0. The average Bonchev–Trinajstić information content (AvgIpc) is 3.93. The summed E-state index contributed by atoms with van der Waals surface area (Å²) < 4.78 is 26.4. The lowest BCUT2D eigenvalue weighted by molar-refractivity contribution is 0.402. The first-order valence-electron chi connectivity index (χ1n) is 17.2. The molecule has 0 radical (unpaired) electrons. The Kier molecular flexibility index (Phi) is 15.3. The van der Waals surface area contributed by atoms with Crippen LogP contribution in [0.15, 0.2) is 95.6 Å². The lowest BCUT2D eigenvalue weighted by atomic mass is 10.1. The Bertz CT molecular complexity index is 2030. The molecule has 9 nitrogen and oxygen atoms in total. The minimum Gasteiger partial charge on any atom is -0.496 e. The van der Waals surface area contributed by atoms with Crippen LogP contribution in [-0.2, 0) is 0 Å². The molecule has 54 heavy (non-hydrogen) atoms. The number of thiazole rings is 1. The molecule has 7 aromatic rings. The van der Waals surface area contributed by atoms with Gasteiger partial charge in [0.2, 0.25) is 0 Å². The summed E-state index contributed by atoms with van der Waals surface area (Å²) >= 11 is 3.26. The van der Waals surface area contributed by atoms with Crippen molar-refractivity contribution < 1.29 is 23.5 Å². The molecule has 0 fully saturated rings. The number of ether oxygens (including phenoxy) is 4. The van der Waals surface area contributed by atoms with Crippen LogP contribution in [0.4, 0.5) is 0 Å². The van der Waals surface area contributed by atoms with Gasteiger partial charge in [-0.1, -0.05) is 71.1 Å². The molecule has 0 aliphatic rings. The van der Waals surface area contributed by atoms with Gasteiger partial charge in [-0.3, -0.25) is 0 Å². The van der Waals surface area contributed by atoms with Crippen LogP contribution >= 0.6 is 22.7 Å². The van der Waals surface area contributed by atoms with Gasteiger partial charge in [0.15, 0.2) is 10.8 Å². The third-order valence-corrected chi connectivity index (χ3v) is 9.88. The Labute approximate surface area is 326 Å². The molecular weight excluding hydrogens is 717 g/mol. The summed E-state index contributed by atoms with van der Waals surface area (Å²) in [5.41, 5.74) is 8.43. The van der Waals surface area contributed by atoms with Gasteiger partial charge in [0.1, 0.15) is 33.0 Å². The van der Waals surface area contributed by atoms with E-state index in [4.69, 9.17) is 23.5 Å². The van der Waals surface area contributed by atoms with Crippen LogP contribution in [-0.4, -0.2) is 48.8 Å². The van der Waals surface area contributed by atoms with Crippen LogP contribution in [0.5, 0.6) is 23.0 Å². The molecule has 0 atom stereocenters. The number of nitrogens with zero attached hydrogens (tertiary/aromatic N) is 4. The second kappa shape index (κ2) is 20.1. The van der Waals surface area contributed by atoms with E-state index in [1.807, 2.05) is 133 Å². The van der Waals surface area contributed by atoms with E-state index in [1.165, 1.54) is 10.4 Å². The molecule has 0 aliphatic carbocycles. The molecule has 0 unspecified atom stereocenters. The number of hydrogen-bond donors (Lipinski definition) is 0. The fraction of sp³-hybridized carbons (Fsp3) is 0.256.